The molecule has 18 heavy (non-hydrogen) atoms. The average Bonchev–Trinajstić information content (AvgIpc) is 3.12. The predicted octanol–water partition coefficient (Wildman–Crippen LogP) is 2.81. The van der Waals surface area contributed by atoms with E-state index in [0.29, 0.717) is 17.2 Å². The Labute approximate surface area is 107 Å². The van der Waals surface area contributed by atoms with Gasteiger partial charge >= 0.3 is 6.03 Å². The molecule has 2 amide bonds. The second kappa shape index (κ2) is 5.21. The molecule has 0 heterocycles. The molecule has 0 aliphatic heterocycles. The van der Waals surface area contributed by atoms with Crippen LogP contribution in [0.1, 0.15) is 37.0 Å². The first kappa shape index (κ1) is 12.6. The zero-order valence-corrected chi connectivity index (χ0v) is 10.7. The maximum absolute atomic E-state index is 11.7. The first-order valence-corrected chi connectivity index (χ1v) is 6.25. The zero-order valence-electron chi connectivity index (χ0n) is 10.7. The Morgan fingerprint density at radius 1 is 1.33 bits per heavy atom. The number of rotatable bonds is 4. The van der Waals surface area contributed by atoms with Gasteiger partial charge in [0.2, 0.25) is 0 Å². The SMILES string of the molecule is CC(=O)c1cccc(NC(=O)NC(C)C2CC2)c1. The van der Waals surface area contributed by atoms with Crippen molar-refractivity contribution in [3.63, 3.8) is 0 Å². The van der Waals surface area contributed by atoms with Gasteiger partial charge < -0.3 is 10.6 Å². The van der Waals surface area contributed by atoms with Crippen molar-refractivity contribution in [2.45, 2.75) is 32.7 Å². The van der Waals surface area contributed by atoms with Crippen molar-refractivity contribution in [3.05, 3.63) is 29.8 Å². The summed E-state index contributed by atoms with van der Waals surface area (Å²) in [5.74, 6) is 0.615. The highest BCUT2D eigenvalue weighted by atomic mass is 16.2. The number of hydrogen-bond acceptors (Lipinski definition) is 2. The molecule has 2 rings (SSSR count). The molecule has 1 aliphatic carbocycles. The standard InChI is InChI=1S/C14H18N2O2/c1-9(11-6-7-11)15-14(18)16-13-5-3-4-12(8-13)10(2)17/h3-5,8-9,11H,6-7H2,1-2H3,(H2,15,16,18). The minimum atomic E-state index is -0.213. The van der Waals surface area contributed by atoms with E-state index in [0.717, 1.165) is 0 Å². The van der Waals surface area contributed by atoms with E-state index in [1.54, 1.807) is 24.3 Å². The largest absolute Gasteiger partial charge is 0.335 e. The summed E-state index contributed by atoms with van der Waals surface area (Å²) in [7, 11) is 0. The zero-order chi connectivity index (χ0) is 13.1. The van der Waals surface area contributed by atoms with Crippen LogP contribution in [0.15, 0.2) is 24.3 Å². The van der Waals surface area contributed by atoms with Crippen molar-refractivity contribution < 1.29 is 9.59 Å². The van der Waals surface area contributed by atoms with Gasteiger partial charge in [0.05, 0.1) is 0 Å². The fourth-order valence-electron chi connectivity index (χ4n) is 1.90. The van der Waals surface area contributed by atoms with Gasteiger partial charge in [0.15, 0.2) is 5.78 Å². The number of carbonyl (C=O) groups excluding carboxylic acids is 2. The molecule has 1 aromatic carbocycles. The van der Waals surface area contributed by atoms with Crippen LogP contribution in [0.2, 0.25) is 0 Å². The van der Waals surface area contributed by atoms with Gasteiger partial charge in [-0.1, -0.05) is 12.1 Å². The summed E-state index contributed by atoms with van der Waals surface area (Å²) in [6.45, 7) is 3.53. The van der Waals surface area contributed by atoms with Gasteiger partial charge in [-0.05, 0) is 44.7 Å². The molecule has 1 unspecified atom stereocenters. The van der Waals surface area contributed by atoms with Crippen molar-refractivity contribution in [2.75, 3.05) is 5.32 Å². The van der Waals surface area contributed by atoms with Crippen LogP contribution < -0.4 is 10.6 Å². The highest BCUT2D eigenvalue weighted by Crippen LogP contribution is 2.32. The van der Waals surface area contributed by atoms with Crippen molar-refractivity contribution in [3.8, 4) is 0 Å². The van der Waals surface area contributed by atoms with Crippen molar-refractivity contribution in [1.82, 2.24) is 5.32 Å². The molecule has 2 N–H and O–H groups in total. The van der Waals surface area contributed by atoms with Gasteiger partial charge in [0, 0.05) is 17.3 Å². The van der Waals surface area contributed by atoms with Crippen molar-refractivity contribution >= 4 is 17.5 Å². The maximum atomic E-state index is 11.7. The lowest BCUT2D eigenvalue weighted by molar-refractivity contribution is 0.101. The summed E-state index contributed by atoms with van der Waals surface area (Å²) in [5, 5.41) is 5.65. The summed E-state index contributed by atoms with van der Waals surface area (Å²) in [6, 6.07) is 6.95. The second-order valence-corrected chi connectivity index (χ2v) is 4.86. The number of carbonyl (C=O) groups is 2. The lowest BCUT2D eigenvalue weighted by Gasteiger charge is -2.13. The van der Waals surface area contributed by atoms with Crippen LogP contribution in [0.3, 0.4) is 0 Å². The van der Waals surface area contributed by atoms with E-state index in [2.05, 4.69) is 10.6 Å². The van der Waals surface area contributed by atoms with E-state index in [1.165, 1.54) is 19.8 Å². The van der Waals surface area contributed by atoms with E-state index in [9.17, 15) is 9.59 Å². The first-order chi connectivity index (χ1) is 8.56. The molecule has 4 nitrogen and oxygen atoms in total. The first-order valence-electron chi connectivity index (χ1n) is 6.25. The number of amides is 2. The molecule has 1 fully saturated rings. The maximum Gasteiger partial charge on any atom is 0.319 e. The van der Waals surface area contributed by atoms with Gasteiger partial charge in [-0.3, -0.25) is 4.79 Å². The lowest BCUT2D eigenvalue weighted by Crippen LogP contribution is -2.37. The summed E-state index contributed by atoms with van der Waals surface area (Å²) in [4.78, 5) is 23.0. The monoisotopic (exact) mass is 246 g/mol. The number of Topliss-reactive ketones (excluding diaryl/α,β-unsaturated/α-hetero) is 1. The van der Waals surface area contributed by atoms with Crippen molar-refractivity contribution in [1.29, 1.82) is 0 Å². The molecule has 1 aromatic rings. The Bertz CT molecular complexity index is 467. The molecule has 0 bridgehead atoms. The molecule has 96 valence electrons. The van der Waals surface area contributed by atoms with E-state index in [1.807, 2.05) is 6.92 Å². The van der Waals surface area contributed by atoms with Gasteiger partial charge in [0.1, 0.15) is 0 Å². The molecule has 1 atom stereocenters. The Kier molecular flexibility index (Phi) is 3.65. The Hall–Kier alpha value is -1.84. The van der Waals surface area contributed by atoms with Gasteiger partial charge in [-0.25, -0.2) is 4.79 Å². The van der Waals surface area contributed by atoms with Crippen LogP contribution in [-0.4, -0.2) is 17.9 Å². The number of hydrogen-bond donors (Lipinski definition) is 2. The highest BCUT2D eigenvalue weighted by Gasteiger charge is 2.28. The fourth-order valence-corrected chi connectivity index (χ4v) is 1.90. The number of anilines is 1. The lowest BCUT2D eigenvalue weighted by atomic mass is 10.1. The molecular formula is C14H18N2O2. The summed E-state index contributed by atoms with van der Waals surface area (Å²) < 4.78 is 0. The Balaban J connectivity index is 1.93. The molecule has 4 heteroatoms. The predicted molar refractivity (Wildman–Crippen MR) is 70.8 cm³/mol. The van der Waals surface area contributed by atoms with Crippen LogP contribution >= 0.6 is 0 Å². The van der Waals surface area contributed by atoms with Crippen LogP contribution in [-0.2, 0) is 0 Å². The van der Waals surface area contributed by atoms with Gasteiger partial charge in [0.25, 0.3) is 0 Å². The van der Waals surface area contributed by atoms with E-state index >= 15 is 0 Å². The minimum absolute atomic E-state index is 0.00888. The summed E-state index contributed by atoms with van der Waals surface area (Å²) in [6.07, 6.45) is 2.39. The number of nitrogens with one attached hydrogen (secondary N) is 2. The normalized spacial score (nSPS) is 15.9. The molecule has 0 aromatic heterocycles. The quantitative estimate of drug-likeness (QED) is 0.802. The van der Waals surface area contributed by atoms with Gasteiger partial charge in [-0.2, -0.15) is 0 Å². The average molecular weight is 246 g/mol. The molecule has 0 radical (unpaired) electrons. The minimum Gasteiger partial charge on any atom is -0.335 e. The van der Waals surface area contributed by atoms with Crippen LogP contribution in [0.5, 0.6) is 0 Å². The number of ketones is 1. The molecular weight excluding hydrogens is 228 g/mol. The second-order valence-electron chi connectivity index (χ2n) is 4.86. The third-order valence-corrected chi connectivity index (χ3v) is 3.21. The van der Waals surface area contributed by atoms with Crippen LogP contribution in [0.4, 0.5) is 10.5 Å². The van der Waals surface area contributed by atoms with Crippen LogP contribution in [0, 0.1) is 5.92 Å². The Morgan fingerprint density at radius 3 is 2.67 bits per heavy atom. The molecule has 0 saturated heterocycles. The number of urea groups is 1. The number of benzene rings is 1. The summed E-state index contributed by atoms with van der Waals surface area (Å²) >= 11 is 0. The topological polar surface area (TPSA) is 58.2 Å². The smallest absolute Gasteiger partial charge is 0.319 e. The van der Waals surface area contributed by atoms with E-state index in [4.69, 9.17) is 0 Å². The third-order valence-electron chi connectivity index (χ3n) is 3.21. The fraction of sp³-hybridized carbons (Fsp3) is 0.429. The molecule has 1 saturated carbocycles. The van der Waals surface area contributed by atoms with Crippen molar-refractivity contribution in [2.24, 2.45) is 5.92 Å². The molecule has 0 spiro atoms. The van der Waals surface area contributed by atoms with Gasteiger partial charge in [-0.15, -0.1) is 0 Å². The van der Waals surface area contributed by atoms with E-state index in [-0.39, 0.29) is 17.9 Å². The Morgan fingerprint density at radius 2 is 2.06 bits per heavy atom. The van der Waals surface area contributed by atoms with E-state index < -0.39 is 0 Å². The summed E-state index contributed by atoms with van der Waals surface area (Å²) in [5.41, 5.74) is 1.24. The third kappa shape index (κ3) is 3.32. The highest BCUT2D eigenvalue weighted by molar-refractivity contribution is 5.96. The van der Waals surface area contributed by atoms with Crippen LogP contribution in [0.25, 0.3) is 0 Å². The molecule has 1 aliphatic rings.